The highest BCUT2D eigenvalue weighted by atomic mass is 19.3. The van der Waals surface area contributed by atoms with E-state index in [1.807, 2.05) is 0 Å². The molecule has 0 aromatic heterocycles. The number of aliphatic hydroxyl groups is 2. The Balaban J connectivity index is 2.60. The first kappa shape index (κ1) is 11.3. The molecule has 6 heteroatoms. The molecule has 0 spiro atoms. The number of hydrogen-bond acceptors (Lipinski definition) is 3. The van der Waals surface area contributed by atoms with Crippen molar-refractivity contribution in [3.8, 4) is 0 Å². The Morgan fingerprint density at radius 3 is 2.71 bits per heavy atom. The molecule has 14 heavy (non-hydrogen) atoms. The van der Waals surface area contributed by atoms with Crippen LogP contribution in [-0.2, 0) is 4.79 Å². The van der Waals surface area contributed by atoms with E-state index in [1.165, 1.54) is 0 Å². The number of halogens is 2. The molecule has 0 aromatic carbocycles. The van der Waals surface area contributed by atoms with Gasteiger partial charge in [0, 0.05) is 6.54 Å². The highest BCUT2D eigenvalue weighted by molar-refractivity contribution is 5.79. The first-order valence-electron chi connectivity index (χ1n) is 4.39. The lowest BCUT2D eigenvalue weighted by atomic mass is 9.94. The summed E-state index contributed by atoms with van der Waals surface area (Å²) >= 11 is 0. The molecule has 2 N–H and O–H groups in total. The van der Waals surface area contributed by atoms with Gasteiger partial charge in [-0.2, -0.15) is 8.78 Å². The Hall–Kier alpha value is -0.750. The summed E-state index contributed by atoms with van der Waals surface area (Å²) in [6.45, 7) is -0.516. The molecule has 1 atom stereocenters. The van der Waals surface area contributed by atoms with Gasteiger partial charge in [-0.05, 0) is 12.8 Å². The number of piperidine rings is 1. The first-order chi connectivity index (χ1) is 6.48. The molecule has 1 rings (SSSR count). The maximum atomic E-state index is 12.0. The van der Waals surface area contributed by atoms with Crippen LogP contribution in [0, 0.1) is 0 Å². The van der Waals surface area contributed by atoms with E-state index in [4.69, 9.17) is 5.11 Å². The minimum absolute atomic E-state index is 0.214. The van der Waals surface area contributed by atoms with Gasteiger partial charge in [-0.1, -0.05) is 0 Å². The van der Waals surface area contributed by atoms with Crippen molar-refractivity contribution in [3.63, 3.8) is 0 Å². The predicted octanol–water partition coefficient (Wildman–Crippen LogP) is -0.403. The largest absolute Gasteiger partial charge is 0.393 e. The molecule has 4 nitrogen and oxygen atoms in total. The van der Waals surface area contributed by atoms with Crippen molar-refractivity contribution in [3.05, 3.63) is 0 Å². The van der Waals surface area contributed by atoms with Crippen LogP contribution in [0.4, 0.5) is 8.78 Å². The van der Waals surface area contributed by atoms with Gasteiger partial charge in [-0.15, -0.1) is 0 Å². The smallest absolute Gasteiger partial charge is 0.315 e. The summed E-state index contributed by atoms with van der Waals surface area (Å²) in [5, 5.41) is 18.4. The summed E-state index contributed by atoms with van der Waals surface area (Å²) < 4.78 is 24.1. The molecule has 0 radical (unpaired) electrons. The standard InChI is InChI=1S/C8H13F2NO3/c9-6(10)7(13)11-3-1-2-8(14,4-11)5-12/h6,12,14H,1-5H2. The Kier molecular flexibility index (Phi) is 3.38. The van der Waals surface area contributed by atoms with E-state index >= 15 is 0 Å². The summed E-state index contributed by atoms with van der Waals surface area (Å²) in [4.78, 5) is 11.8. The Morgan fingerprint density at radius 2 is 2.21 bits per heavy atom. The van der Waals surface area contributed by atoms with Crippen LogP contribution in [0.5, 0.6) is 0 Å². The second kappa shape index (κ2) is 4.18. The van der Waals surface area contributed by atoms with Crippen LogP contribution < -0.4 is 0 Å². The highest BCUT2D eigenvalue weighted by Gasteiger charge is 2.36. The number of rotatable bonds is 2. The van der Waals surface area contributed by atoms with Gasteiger partial charge < -0.3 is 15.1 Å². The van der Waals surface area contributed by atoms with Gasteiger partial charge in [-0.3, -0.25) is 4.79 Å². The molecule has 0 aliphatic carbocycles. The van der Waals surface area contributed by atoms with E-state index in [-0.39, 0.29) is 13.1 Å². The van der Waals surface area contributed by atoms with Crippen LogP contribution in [0.15, 0.2) is 0 Å². The third-order valence-corrected chi connectivity index (χ3v) is 2.35. The topological polar surface area (TPSA) is 60.8 Å². The van der Waals surface area contributed by atoms with E-state index in [1.54, 1.807) is 0 Å². The van der Waals surface area contributed by atoms with Crippen molar-refractivity contribution in [1.82, 2.24) is 4.90 Å². The quantitative estimate of drug-likeness (QED) is 0.650. The van der Waals surface area contributed by atoms with E-state index in [0.717, 1.165) is 4.90 Å². The summed E-state index contributed by atoms with van der Waals surface area (Å²) in [6, 6.07) is 0. The van der Waals surface area contributed by atoms with Gasteiger partial charge in [0.1, 0.15) is 5.60 Å². The van der Waals surface area contributed by atoms with Crippen LogP contribution in [0.2, 0.25) is 0 Å². The summed E-state index contributed by atoms with van der Waals surface area (Å²) in [6.07, 6.45) is -2.29. The molecular weight excluding hydrogens is 196 g/mol. The summed E-state index contributed by atoms with van der Waals surface area (Å²) in [7, 11) is 0. The van der Waals surface area contributed by atoms with Gasteiger partial charge in [-0.25, -0.2) is 0 Å². The van der Waals surface area contributed by atoms with Crippen molar-refractivity contribution in [2.45, 2.75) is 24.9 Å². The minimum atomic E-state index is -3.05. The fourth-order valence-electron chi connectivity index (χ4n) is 1.57. The zero-order chi connectivity index (χ0) is 10.8. The summed E-state index contributed by atoms with van der Waals surface area (Å²) in [5.41, 5.74) is -1.41. The van der Waals surface area contributed by atoms with Crippen molar-refractivity contribution in [2.75, 3.05) is 19.7 Å². The first-order valence-corrected chi connectivity index (χ1v) is 4.39. The Labute approximate surface area is 80.1 Å². The molecule has 1 unspecified atom stereocenters. The maximum absolute atomic E-state index is 12.0. The van der Waals surface area contributed by atoms with Gasteiger partial charge in [0.05, 0.1) is 13.2 Å². The number of β-amino-alcohol motifs (C(OH)–C–C–N with tert-alkyl or cyclic N) is 1. The fraction of sp³-hybridized carbons (Fsp3) is 0.875. The predicted molar refractivity (Wildman–Crippen MR) is 43.9 cm³/mol. The molecule has 1 fully saturated rings. The lowest BCUT2D eigenvalue weighted by Gasteiger charge is -2.37. The van der Waals surface area contributed by atoms with Crippen molar-refractivity contribution in [2.24, 2.45) is 0 Å². The molecule has 82 valence electrons. The van der Waals surface area contributed by atoms with E-state index < -0.39 is 24.5 Å². The normalized spacial score (nSPS) is 28.2. The number of nitrogens with zero attached hydrogens (tertiary/aromatic N) is 1. The highest BCUT2D eigenvalue weighted by Crippen LogP contribution is 2.21. The van der Waals surface area contributed by atoms with E-state index in [9.17, 15) is 18.7 Å². The number of likely N-dealkylation sites (tertiary alicyclic amines) is 1. The third-order valence-electron chi connectivity index (χ3n) is 2.35. The van der Waals surface area contributed by atoms with E-state index in [0.29, 0.717) is 12.8 Å². The molecular formula is C8H13F2NO3. The van der Waals surface area contributed by atoms with Gasteiger partial charge >= 0.3 is 6.43 Å². The number of carbonyl (C=O) groups excluding carboxylic acids is 1. The van der Waals surface area contributed by atoms with Gasteiger partial charge in [0.2, 0.25) is 0 Å². The monoisotopic (exact) mass is 209 g/mol. The number of alkyl halides is 2. The SMILES string of the molecule is O=C(C(F)F)N1CCCC(O)(CO)C1. The second-order valence-electron chi connectivity index (χ2n) is 3.55. The van der Waals surface area contributed by atoms with Crippen molar-refractivity contribution in [1.29, 1.82) is 0 Å². The molecule has 1 aliphatic heterocycles. The van der Waals surface area contributed by atoms with Crippen LogP contribution in [0.25, 0.3) is 0 Å². The number of carbonyl (C=O) groups is 1. The van der Waals surface area contributed by atoms with Crippen molar-refractivity contribution < 1.29 is 23.8 Å². The zero-order valence-corrected chi connectivity index (χ0v) is 7.62. The zero-order valence-electron chi connectivity index (χ0n) is 7.62. The molecule has 1 aliphatic rings. The molecule has 1 heterocycles. The van der Waals surface area contributed by atoms with Crippen LogP contribution in [0.1, 0.15) is 12.8 Å². The summed E-state index contributed by atoms with van der Waals surface area (Å²) in [5.74, 6) is -1.28. The average Bonchev–Trinajstić information content (AvgIpc) is 2.16. The molecule has 0 bridgehead atoms. The molecule has 0 aromatic rings. The Bertz CT molecular complexity index is 225. The lowest BCUT2D eigenvalue weighted by Crippen LogP contribution is -2.53. The number of aliphatic hydroxyl groups excluding tert-OH is 1. The van der Waals surface area contributed by atoms with Crippen molar-refractivity contribution >= 4 is 5.91 Å². The van der Waals surface area contributed by atoms with Gasteiger partial charge in [0.25, 0.3) is 5.91 Å². The molecule has 1 amide bonds. The third kappa shape index (κ3) is 2.39. The number of hydrogen-bond donors (Lipinski definition) is 2. The average molecular weight is 209 g/mol. The van der Waals surface area contributed by atoms with Crippen LogP contribution in [-0.4, -0.2) is 52.7 Å². The fourth-order valence-corrected chi connectivity index (χ4v) is 1.57. The molecule has 1 saturated heterocycles. The molecule has 0 saturated carbocycles. The van der Waals surface area contributed by atoms with Crippen LogP contribution >= 0.6 is 0 Å². The minimum Gasteiger partial charge on any atom is -0.393 e. The van der Waals surface area contributed by atoms with Crippen LogP contribution in [0.3, 0.4) is 0 Å². The Morgan fingerprint density at radius 1 is 1.57 bits per heavy atom. The van der Waals surface area contributed by atoms with E-state index in [2.05, 4.69) is 0 Å². The second-order valence-corrected chi connectivity index (χ2v) is 3.55. The lowest BCUT2D eigenvalue weighted by molar-refractivity contribution is -0.151. The van der Waals surface area contributed by atoms with Gasteiger partial charge in [0.15, 0.2) is 0 Å². The maximum Gasteiger partial charge on any atom is 0.315 e. The number of amides is 1.